The van der Waals surface area contributed by atoms with E-state index in [0.717, 1.165) is 0 Å². The molecule has 0 aromatic heterocycles. The van der Waals surface area contributed by atoms with Crippen LogP contribution in [0.4, 0.5) is 0 Å². The Morgan fingerprint density at radius 2 is 1.54 bits per heavy atom. The minimum Gasteiger partial charge on any atom is -0.394 e. The van der Waals surface area contributed by atoms with Gasteiger partial charge in [0.25, 0.3) is 0 Å². The molecule has 0 saturated heterocycles. The SMILES string of the molecule is O=S(=O)(CCl)NC(CO)(CO)CO. The first-order chi connectivity index (χ1) is 5.95. The van der Waals surface area contributed by atoms with Crippen LogP contribution in [0.5, 0.6) is 0 Å². The highest BCUT2D eigenvalue weighted by atomic mass is 35.5. The topological polar surface area (TPSA) is 107 Å². The molecule has 0 aliphatic carbocycles. The third-order valence-electron chi connectivity index (χ3n) is 1.42. The van der Waals surface area contributed by atoms with Crippen molar-refractivity contribution in [3.8, 4) is 0 Å². The number of halogens is 1. The molecular weight excluding hydrogens is 222 g/mol. The smallest absolute Gasteiger partial charge is 0.226 e. The molecule has 0 heterocycles. The third kappa shape index (κ3) is 3.75. The summed E-state index contributed by atoms with van der Waals surface area (Å²) >= 11 is 5.07. The zero-order valence-corrected chi connectivity index (χ0v) is 8.35. The molecule has 80 valence electrons. The van der Waals surface area contributed by atoms with Gasteiger partial charge in [0.2, 0.25) is 10.0 Å². The monoisotopic (exact) mass is 233 g/mol. The summed E-state index contributed by atoms with van der Waals surface area (Å²) in [6.07, 6.45) is 0. The first-order valence-corrected chi connectivity index (χ1v) is 5.54. The minimum atomic E-state index is -3.78. The number of aliphatic hydroxyl groups excluding tert-OH is 3. The highest BCUT2D eigenvalue weighted by molar-refractivity contribution is 7.90. The third-order valence-corrected chi connectivity index (χ3v) is 3.32. The second-order valence-corrected chi connectivity index (χ2v) is 4.89. The predicted molar refractivity (Wildman–Crippen MR) is 46.8 cm³/mol. The fourth-order valence-corrected chi connectivity index (χ4v) is 1.68. The van der Waals surface area contributed by atoms with Crippen LogP contribution in [0.15, 0.2) is 0 Å². The number of sulfonamides is 1. The molecule has 0 saturated carbocycles. The molecule has 0 atom stereocenters. The highest BCUT2D eigenvalue weighted by Crippen LogP contribution is 2.05. The first-order valence-electron chi connectivity index (χ1n) is 3.35. The van der Waals surface area contributed by atoms with Crippen LogP contribution in [0.1, 0.15) is 0 Å². The Balaban J connectivity index is 4.61. The molecule has 0 bridgehead atoms. The molecule has 0 rings (SSSR count). The van der Waals surface area contributed by atoms with E-state index in [-0.39, 0.29) is 0 Å². The average molecular weight is 234 g/mol. The summed E-state index contributed by atoms with van der Waals surface area (Å²) in [6.45, 7) is -2.14. The number of hydrogen-bond acceptors (Lipinski definition) is 5. The summed E-state index contributed by atoms with van der Waals surface area (Å²) in [7, 11) is -3.78. The van der Waals surface area contributed by atoms with Gasteiger partial charge < -0.3 is 15.3 Å². The van der Waals surface area contributed by atoms with Crippen molar-refractivity contribution in [2.24, 2.45) is 0 Å². The summed E-state index contributed by atoms with van der Waals surface area (Å²) in [5.74, 6) is 0. The van der Waals surface area contributed by atoms with Crippen LogP contribution in [0.25, 0.3) is 0 Å². The zero-order valence-electron chi connectivity index (χ0n) is 6.77. The van der Waals surface area contributed by atoms with Gasteiger partial charge in [-0.15, -0.1) is 11.6 Å². The highest BCUT2D eigenvalue weighted by Gasteiger charge is 2.32. The minimum absolute atomic E-state index is 0.700. The average Bonchev–Trinajstić information content (AvgIpc) is 2.14. The first kappa shape index (κ1) is 13.1. The molecule has 0 aliphatic rings. The van der Waals surface area contributed by atoms with Gasteiger partial charge in [-0.3, -0.25) is 0 Å². The van der Waals surface area contributed by atoms with Crippen molar-refractivity contribution in [3.63, 3.8) is 0 Å². The molecule has 0 unspecified atom stereocenters. The van der Waals surface area contributed by atoms with E-state index in [1.165, 1.54) is 0 Å². The molecule has 0 amide bonds. The Morgan fingerprint density at radius 3 is 1.77 bits per heavy atom. The maximum absolute atomic E-state index is 10.9. The number of rotatable bonds is 6. The number of nitrogens with one attached hydrogen (secondary N) is 1. The molecule has 13 heavy (non-hydrogen) atoms. The molecule has 0 aliphatic heterocycles. The fourth-order valence-electron chi connectivity index (χ4n) is 0.604. The van der Waals surface area contributed by atoms with Crippen molar-refractivity contribution >= 4 is 21.6 Å². The number of alkyl halides is 1. The maximum atomic E-state index is 10.9. The lowest BCUT2D eigenvalue weighted by Gasteiger charge is -2.27. The molecule has 0 radical (unpaired) electrons. The van der Waals surface area contributed by atoms with E-state index in [2.05, 4.69) is 0 Å². The van der Waals surface area contributed by atoms with Gasteiger partial charge in [0.15, 0.2) is 0 Å². The van der Waals surface area contributed by atoms with E-state index < -0.39 is 40.6 Å². The largest absolute Gasteiger partial charge is 0.394 e. The zero-order chi connectivity index (χ0) is 10.5. The van der Waals surface area contributed by atoms with Gasteiger partial charge in [-0.1, -0.05) is 0 Å². The van der Waals surface area contributed by atoms with Crippen molar-refractivity contribution in [2.45, 2.75) is 5.54 Å². The Kier molecular flexibility index (Phi) is 5.11. The summed E-state index contributed by atoms with van der Waals surface area (Å²) in [6, 6.07) is 0. The number of aliphatic hydroxyl groups is 3. The van der Waals surface area contributed by atoms with E-state index >= 15 is 0 Å². The van der Waals surface area contributed by atoms with Gasteiger partial charge in [0, 0.05) is 0 Å². The van der Waals surface area contributed by atoms with Crippen molar-refractivity contribution in [1.82, 2.24) is 4.72 Å². The Labute approximate surface area is 81.2 Å². The van der Waals surface area contributed by atoms with E-state index in [9.17, 15) is 8.42 Å². The van der Waals surface area contributed by atoms with Crippen LogP contribution in [0.3, 0.4) is 0 Å². The van der Waals surface area contributed by atoms with E-state index in [1.807, 2.05) is 4.72 Å². The van der Waals surface area contributed by atoms with Crippen LogP contribution in [-0.4, -0.2) is 54.3 Å². The van der Waals surface area contributed by atoms with Crippen LogP contribution in [0, 0.1) is 0 Å². The molecule has 6 nitrogen and oxygen atoms in total. The van der Waals surface area contributed by atoms with E-state index in [4.69, 9.17) is 26.9 Å². The second-order valence-electron chi connectivity index (χ2n) is 2.58. The molecule has 0 fully saturated rings. The molecule has 0 spiro atoms. The molecular formula is C5H12ClNO5S. The van der Waals surface area contributed by atoms with Gasteiger partial charge >= 0.3 is 0 Å². The van der Waals surface area contributed by atoms with Gasteiger partial charge in [0.05, 0.1) is 19.8 Å². The normalized spacial score (nSPS) is 13.2. The fraction of sp³-hybridized carbons (Fsp3) is 1.00. The lowest BCUT2D eigenvalue weighted by atomic mass is 10.1. The van der Waals surface area contributed by atoms with Crippen LogP contribution in [-0.2, 0) is 10.0 Å². The quantitative estimate of drug-likeness (QED) is 0.390. The number of hydrogen-bond donors (Lipinski definition) is 4. The van der Waals surface area contributed by atoms with Gasteiger partial charge in [0.1, 0.15) is 10.8 Å². The summed E-state index contributed by atoms with van der Waals surface area (Å²) in [4.78, 5) is 0. The van der Waals surface area contributed by atoms with Crippen molar-refractivity contribution in [3.05, 3.63) is 0 Å². The van der Waals surface area contributed by atoms with Crippen LogP contribution in [0.2, 0.25) is 0 Å². The molecule has 8 heteroatoms. The summed E-state index contributed by atoms with van der Waals surface area (Å²) in [5.41, 5.74) is -1.65. The van der Waals surface area contributed by atoms with E-state index in [1.54, 1.807) is 0 Å². The second kappa shape index (κ2) is 5.08. The van der Waals surface area contributed by atoms with Crippen LogP contribution < -0.4 is 4.72 Å². The Morgan fingerprint density at radius 1 is 1.15 bits per heavy atom. The van der Waals surface area contributed by atoms with Gasteiger partial charge in [-0.2, -0.15) is 0 Å². The summed E-state index contributed by atoms with van der Waals surface area (Å²) in [5, 5.41) is 25.5. The van der Waals surface area contributed by atoms with Crippen molar-refractivity contribution in [1.29, 1.82) is 0 Å². The predicted octanol–water partition coefficient (Wildman–Crippen LogP) is -2.18. The molecule has 0 aromatic carbocycles. The van der Waals surface area contributed by atoms with Crippen LogP contribution >= 0.6 is 11.6 Å². The maximum Gasteiger partial charge on any atom is 0.226 e. The van der Waals surface area contributed by atoms with Gasteiger partial charge in [-0.25, -0.2) is 13.1 Å². The lowest BCUT2D eigenvalue weighted by molar-refractivity contribution is 0.0583. The Hall–Kier alpha value is 0.0800. The lowest BCUT2D eigenvalue weighted by Crippen LogP contribution is -2.57. The molecule has 0 aromatic rings. The molecule has 4 N–H and O–H groups in total. The van der Waals surface area contributed by atoms with Gasteiger partial charge in [-0.05, 0) is 0 Å². The van der Waals surface area contributed by atoms with Crippen molar-refractivity contribution in [2.75, 3.05) is 25.0 Å². The van der Waals surface area contributed by atoms with Crippen molar-refractivity contribution < 1.29 is 23.7 Å². The summed E-state index contributed by atoms with van der Waals surface area (Å²) < 4.78 is 23.7. The Bertz CT molecular complexity index is 229. The standard InChI is InChI=1S/C5H12ClNO5S/c6-4-13(11,12)7-5(1-8,2-9)3-10/h7-10H,1-4H2. The van der Waals surface area contributed by atoms with E-state index in [0.29, 0.717) is 0 Å².